The number of anilines is 1. The van der Waals surface area contributed by atoms with Crippen molar-refractivity contribution in [2.45, 2.75) is 20.4 Å². The van der Waals surface area contributed by atoms with Gasteiger partial charge in [0.2, 0.25) is 11.3 Å². The molecule has 0 saturated carbocycles. The molecule has 34 heavy (non-hydrogen) atoms. The molecular formula is C26H22ClN3O4. The van der Waals surface area contributed by atoms with E-state index in [2.05, 4.69) is 10.3 Å². The number of ether oxygens (including phenoxy) is 1. The third-order valence-electron chi connectivity index (χ3n) is 5.17. The zero-order valence-electron chi connectivity index (χ0n) is 18.7. The number of benzene rings is 2. The monoisotopic (exact) mass is 475 g/mol. The normalized spacial score (nSPS) is 10.8. The summed E-state index contributed by atoms with van der Waals surface area (Å²) in [4.78, 5) is 43.7. The molecule has 0 aliphatic carbocycles. The van der Waals surface area contributed by atoms with Gasteiger partial charge in [0, 0.05) is 22.5 Å². The van der Waals surface area contributed by atoms with Gasteiger partial charge in [-0.1, -0.05) is 35.9 Å². The van der Waals surface area contributed by atoms with Crippen LogP contribution >= 0.6 is 11.6 Å². The Morgan fingerprint density at radius 1 is 1.09 bits per heavy atom. The number of nitrogens with zero attached hydrogens (tertiary/aromatic N) is 2. The van der Waals surface area contributed by atoms with Crippen molar-refractivity contribution < 1.29 is 14.3 Å². The summed E-state index contributed by atoms with van der Waals surface area (Å²) >= 11 is 6.03. The van der Waals surface area contributed by atoms with E-state index in [1.54, 1.807) is 55.5 Å². The van der Waals surface area contributed by atoms with Crippen molar-refractivity contribution in [3.05, 3.63) is 98.9 Å². The number of aromatic nitrogens is 2. The molecule has 2 aromatic carbocycles. The van der Waals surface area contributed by atoms with Crippen LogP contribution in [0, 0.1) is 6.92 Å². The van der Waals surface area contributed by atoms with Gasteiger partial charge in [0.15, 0.2) is 5.78 Å². The van der Waals surface area contributed by atoms with E-state index >= 15 is 0 Å². The number of aryl methyl sites for hydroxylation is 1. The number of rotatable bonds is 7. The van der Waals surface area contributed by atoms with Crippen LogP contribution in [0.25, 0.3) is 11.0 Å². The van der Waals surface area contributed by atoms with Crippen LogP contribution in [0.15, 0.2) is 71.7 Å². The van der Waals surface area contributed by atoms with E-state index in [-0.39, 0.29) is 29.0 Å². The molecule has 0 unspecified atom stereocenters. The van der Waals surface area contributed by atoms with Crippen LogP contribution in [0.4, 0.5) is 5.69 Å². The highest BCUT2D eigenvalue weighted by atomic mass is 35.5. The Morgan fingerprint density at radius 3 is 2.65 bits per heavy atom. The molecule has 0 bridgehead atoms. The molecule has 8 heteroatoms. The molecule has 4 aromatic rings. The fourth-order valence-corrected chi connectivity index (χ4v) is 3.81. The summed E-state index contributed by atoms with van der Waals surface area (Å²) in [5, 5.41) is 3.47. The molecule has 1 N–H and O–H groups in total. The second-order valence-corrected chi connectivity index (χ2v) is 8.08. The highest BCUT2D eigenvalue weighted by Gasteiger charge is 2.19. The fourth-order valence-electron chi connectivity index (χ4n) is 3.62. The summed E-state index contributed by atoms with van der Waals surface area (Å²) in [5.74, 6) is -0.290. The highest BCUT2D eigenvalue weighted by molar-refractivity contribution is 6.31. The van der Waals surface area contributed by atoms with Crippen LogP contribution < -0.4 is 15.5 Å². The summed E-state index contributed by atoms with van der Waals surface area (Å²) in [6, 6.07) is 16.8. The van der Waals surface area contributed by atoms with Crippen LogP contribution in [0.2, 0.25) is 5.02 Å². The Bertz CT molecular complexity index is 1460. The molecule has 7 nitrogen and oxygen atoms in total. The molecule has 0 aliphatic heterocycles. The Balaban J connectivity index is 1.75. The van der Waals surface area contributed by atoms with E-state index in [1.165, 1.54) is 16.8 Å². The van der Waals surface area contributed by atoms with Crippen LogP contribution in [-0.2, 0) is 11.3 Å². The number of halogens is 1. The molecule has 4 rings (SSSR count). The van der Waals surface area contributed by atoms with Gasteiger partial charge in [-0.3, -0.25) is 14.4 Å². The van der Waals surface area contributed by atoms with Gasteiger partial charge in [-0.15, -0.1) is 0 Å². The Morgan fingerprint density at radius 2 is 1.88 bits per heavy atom. The molecule has 0 fully saturated rings. The summed E-state index contributed by atoms with van der Waals surface area (Å²) in [5.41, 5.74) is 1.29. The number of carbonyl (C=O) groups is 2. The molecule has 2 aromatic heterocycles. The molecule has 0 aliphatic rings. The first-order valence-corrected chi connectivity index (χ1v) is 11.1. The largest absolute Gasteiger partial charge is 0.492 e. The van der Waals surface area contributed by atoms with Gasteiger partial charge in [0.25, 0.3) is 0 Å². The van der Waals surface area contributed by atoms with Crippen LogP contribution in [0.1, 0.15) is 28.5 Å². The second kappa shape index (κ2) is 9.89. The molecule has 172 valence electrons. The summed E-state index contributed by atoms with van der Waals surface area (Å²) < 4.78 is 7.08. The van der Waals surface area contributed by atoms with Gasteiger partial charge in [0.05, 0.1) is 23.2 Å². The molecule has 0 spiro atoms. The number of fused-ring (bicyclic) bond motifs is 1. The molecule has 0 radical (unpaired) electrons. The topological polar surface area (TPSA) is 90.3 Å². The third kappa shape index (κ3) is 4.84. The van der Waals surface area contributed by atoms with Gasteiger partial charge < -0.3 is 14.6 Å². The van der Waals surface area contributed by atoms with Crippen molar-refractivity contribution in [2.24, 2.45) is 0 Å². The van der Waals surface area contributed by atoms with E-state index in [1.807, 2.05) is 13.0 Å². The van der Waals surface area contributed by atoms with Gasteiger partial charge >= 0.3 is 0 Å². The lowest BCUT2D eigenvalue weighted by atomic mass is 10.0. The quantitative estimate of drug-likeness (QED) is 0.394. The van der Waals surface area contributed by atoms with Gasteiger partial charge in [-0.2, -0.15) is 0 Å². The van der Waals surface area contributed by atoms with E-state index in [0.717, 1.165) is 0 Å². The Labute approximate surface area is 201 Å². The standard InChI is InChI=1S/C26H22ClN3O4/c1-3-34-22-10-5-4-9-21(22)29-23(31)15-30-14-20(24(32)17-7-6-8-18(27)13-17)25(33)19-12-11-16(2)28-26(19)30/h4-14H,3,15H2,1-2H3,(H,29,31). The molecule has 0 atom stereocenters. The molecular weight excluding hydrogens is 454 g/mol. The van der Waals surface area contributed by atoms with Crippen molar-refractivity contribution >= 4 is 40.0 Å². The van der Waals surface area contributed by atoms with Crippen molar-refractivity contribution in [2.75, 3.05) is 11.9 Å². The number of nitrogens with one attached hydrogen (secondary N) is 1. The summed E-state index contributed by atoms with van der Waals surface area (Å²) in [6.45, 7) is 3.94. The minimum Gasteiger partial charge on any atom is -0.492 e. The van der Waals surface area contributed by atoms with Crippen LogP contribution in [-0.4, -0.2) is 27.8 Å². The average molecular weight is 476 g/mol. The molecule has 0 saturated heterocycles. The third-order valence-corrected chi connectivity index (χ3v) is 5.40. The predicted molar refractivity (Wildman–Crippen MR) is 132 cm³/mol. The van der Waals surface area contributed by atoms with Crippen LogP contribution in [0.5, 0.6) is 5.75 Å². The second-order valence-electron chi connectivity index (χ2n) is 7.64. The van der Waals surface area contributed by atoms with Gasteiger partial charge in [-0.05, 0) is 50.2 Å². The lowest BCUT2D eigenvalue weighted by molar-refractivity contribution is -0.116. The zero-order valence-corrected chi connectivity index (χ0v) is 19.4. The smallest absolute Gasteiger partial charge is 0.244 e. The lowest BCUT2D eigenvalue weighted by Crippen LogP contribution is -2.25. The van der Waals surface area contributed by atoms with E-state index in [9.17, 15) is 14.4 Å². The van der Waals surface area contributed by atoms with E-state index < -0.39 is 11.2 Å². The Hall–Kier alpha value is -3.97. The Kier molecular flexibility index (Phi) is 6.75. The minimum atomic E-state index is -0.481. The first-order valence-electron chi connectivity index (χ1n) is 10.7. The fraction of sp³-hybridized carbons (Fsp3) is 0.154. The minimum absolute atomic E-state index is 0.0667. The molecule has 2 heterocycles. The average Bonchev–Trinajstić information content (AvgIpc) is 2.82. The number of carbonyl (C=O) groups excluding carboxylic acids is 2. The first-order chi connectivity index (χ1) is 16.4. The number of ketones is 1. The summed E-state index contributed by atoms with van der Waals surface area (Å²) in [6.07, 6.45) is 1.38. The lowest BCUT2D eigenvalue weighted by Gasteiger charge is -2.15. The number of hydrogen-bond donors (Lipinski definition) is 1. The molecule has 1 amide bonds. The van der Waals surface area contributed by atoms with Crippen molar-refractivity contribution in [3.63, 3.8) is 0 Å². The first kappa shape index (κ1) is 23.2. The maximum atomic E-state index is 13.2. The van der Waals surface area contributed by atoms with Gasteiger partial charge in [-0.25, -0.2) is 4.98 Å². The number of pyridine rings is 2. The van der Waals surface area contributed by atoms with Crippen molar-refractivity contribution in [1.82, 2.24) is 9.55 Å². The number of hydrogen-bond acceptors (Lipinski definition) is 5. The van der Waals surface area contributed by atoms with Crippen molar-refractivity contribution in [3.8, 4) is 5.75 Å². The SMILES string of the molecule is CCOc1ccccc1NC(=O)Cn1cc(C(=O)c2cccc(Cl)c2)c(=O)c2ccc(C)nc21. The maximum absolute atomic E-state index is 13.2. The maximum Gasteiger partial charge on any atom is 0.244 e. The number of para-hydroxylation sites is 2. The van der Waals surface area contributed by atoms with Crippen molar-refractivity contribution in [1.29, 1.82) is 0 Å². The van der Waals surface area contributed by atoms with E-state index in [0.29, 0.717) is 34.4 Å². The highest BCUT2D eigenvalue weighted by Crippen LogP contribution is 2.24. The summed E-state index contributed by atoms with van der Waals surface area (Å²) in [7, 11) is 0. The zero-order chi connectivity index (χ0) is 24.2. The number of amides is 1. The predicted octanol–water partition coefficient (Wildman–Crippen LogP) is 4.63. The van der Waals surface area contributed by atoms with Gasteiger partial charge in [0.1, 0.15) is 17.9 Å². The van der Waals surface area contributed by atoms with Crippen LogP contribution in [0.3, 0.4) is 0 Å². The van der Waals surface area contributed by atoms with E-state index in [4.69, 9.17) is 16.3 Å².